The average Bonchev–Trinajstić information content (AvgIpc) is 2.52. The van der Waals surface area contributed by atoms with E-state index in [-0.39, 0.29) is 12.1 Å². The zero-order valence-corrected chi connectivity index (χ0v) is 14.1. The number of anilines is 1. The van der Waals surface area contributed by atoms with Crippen LogP contribution >= 0.6 is 0 Å². The Morgan fingerprint density at radius 1 is 1.25 bits per heavy atom. The maximum absolute atomic E-state index is 11.6. The molecule has 1 heterocycles. The summed E-state index contributed by atoms with van der Waals surface area (Å²) >= 11 is 0. The van der Waals surface area contributed by atoms with Crippen LogP contribution in [0.3, 0.4) is 0 Å². The molecular weight excluding hydrogens is 308 g/mol. The monoisotopic (exact) mass is 330 g/mol. The number of pyridine rings is 1. The van der Waals surface area contributed by atoms with Crippen LogP contribution in [0.2, 0.25) is 0 Å². The topological polar surface area (TPSA) is 92.4 Å². The van der Waals surface area contributed by atoms with Gasteiger partial charge in [0.25, 0.3) is 0 Å². The highest BCUT2D eigenvalue weighted by molar-refractivity contribution is 5.92. The number of nitrogens with zero attached hydrogens (tertiary/aromatic N) is 1. The van der Waals surface area contributed by atoms with E-state index in [1.165, 1.54) is 0 Å². The molecule has 1 aromatic carbocycles. The van der Waals surface area contributed by atoms with Gasteiger partial charge < -0.3 is 15.4 Å². The molecule has 0 saturated carbocycles. The Labute approximate surface area is 140 Å². The summed E-state index contributed by atoms with van der Waals surface area (Å²) in [6.07, 6.45) is 1.06. The van der Waals surface area contributed by atoms with Gasteiger partial charge in [-0.15, -0.1) is 0 Å². The van der Waals surface area contributed by atoms with Gasteiger partial charge in [0.05, 0.1) is 6.10 Å². The summed E-state index contributed by atoms with van der Waals surface area (Å²) in [6, 6.07) is 7.23. The van der Waals surface area contributed by atoms with Crippen molar-refractivity contribution in [3.05, 3.63) is 36.0 Å². The zero-order valence-electron chi connectivity index (χ0n) is 14.1. The maximum Gasteiger partial charge on any atom is 0.407 e. The molecule has 0 saturated heterocycles. The average molecular weight is 330 g/mol. The van der Waals surface area contributed by atoms with Gasteiger partial charge in [-0.2, -0.15) is 0 Å². The SMILES string of the molecule is CCNC(=O)Nc1cc2cccc(CNC(=O)OC(C)C)c2cn1. The molecule has 0 spiro atoms. The molecule has 2 aromatic rings. The molecule has 1 aromatic heterocycles. The minimum absolute atomic E-state index is 0.165. The maximum atomic E-state index is 11.6. The summed E-state index contributed by atoms with van der Waals surface area (Å²) in [5.74, 6) is 0.470. The molecule has 0 atom stereocenters. The summed E-state index contributed by atoms with van der Waals surface area (Å²) in [6.45, 7) is 6.32. The number of nitrogens with one attached hydrogen (secondary N) is 3. The molecule has 0 fully saturated rings. The summed E-state index contributed by atoms with van der Waals surface area (Å²) < 4.78 is 5.05. The van der Waals surface area contributed by atoms with Crippen molar-refractivity contribution in [2.24, 2.45) is 0 Å². The highest BCUT2D eigenvalue weighted by Gasteiger charge is 2.08. The molecule has 0 aliphatic heterocycles. The molecule has 7 nitrogen and oxygen atoms in total. The predicted molar refractivity (Wildman–Crippen MR) is 92.9 cm³/mol. The largest absolute Gasteiger partial charge is 0.447 e. The molecule has 7 heteroatoms. The van der Waals surface area contributed by atoms with Crippen LogP contribution in [0.15, 0.2) is 30.5 Å². The van der Waals surface area contributed by atoms with Gasteiger partial charge >= 0.3 is 12.1 Å². The standard InChI is InChI=1S/C17H22N4O3/c1-4-18-16(22)21-15-8-12-6-5-7-13(14(12)10-19-15)9-20-17(23)24-11(2)3/h5-8,10-11H,4,9H2,1-3H3,(H,20,23)(H2,18,19,21,22). The Morgan fingerprint density at radius 2 is 2.04 bits per heavy atom. The van der Waals surface area contributed by atoms with Gasteiger partial charge in [0, 0.05) is 24.7 Å². The van der Waals surface area contributed by atoms with E-state index in [9.17, 15) is 9.59 Å². The van der Waals surface area contributed by atoms with Crippen LogP contribution in [0.1, 0.15) is 26.3 Å². The van der Waals surface area contributed by atoms with Crippen molar-refractivity contribution in [1.82, 2.24) is 15.6 Å². The second kappa shape index (κ2) is 8.14. The zero-order chi connectivity index (χ0) is 17.5. The van der Waals surface area contributed by atoms with Crippen LogP contribution in [-0.4, -0.2) is 29.8 Å². The predicted octanol–water partition coefficient (Wildman–Crippen LogP) is 3.01. The van der Waals surface area contributed by atoms with Gasteiger partial charge in [0.1, 0.15) is 5.82 Å². The number of hydrogen-bond donors (Lipinski definition) is 3. The number of hydrogen-bond acceptors (Lipinski definition) is 4. The highest BCUT2D eigenvalue weighted by atomic mass is 16.6. The number of amides is 3. The molecule has 24 heavy (non-hydrogen) atoms. The quantitative estimate of drug-likeness (QED) is 0.786. The fourth-order valence-electron chi connectivity index (χ4n) is 2.20. The first-order valence-corrected chi connectivity index (χ1v) is 7.86. The molecule has 0 aliphatic carbocycles. The van der Waals surface area contributed by atoms with E-state index >= 15 is 0 Å². The Morgan fingerprint density at radius 3 is 2.75 bits per heavy atom. The second-order valence-electron chi connectivity index (χ2n) is 5.50. The van der Waals surface area contributed by atoms with Gasteiger partial charge in [0.2, 0.25) is 0 Å². The van der Waals surface area contributed by atoms with E-state index in [1.54, 1.807) is 26.1 Å². The first-order chi connectivity index (χ1) is 11.5. The number of aromatic nitrogens is 1. The third-order valence-electron chi connectivity index (χ3n) is 3.20. The minimum Gasteiger partial charge on any atom is -0.447 e. The van der Waals surface area contributed by atoms with E-state index in [1.807, 2.05) is 25.1 Å². The molecule has 3 amide bonds. The Balaban J connectivity index is 2.12. The number of alkyl carbamates (subject to hydrolysis) is 1. The number of fused-ring (bicyclic) bond motifs is 1. The number of rotatable bonds is 5. The van der Waals surface area contributed by atoms with E-state index in [2.05, 4.69) is 20.9 Å². The number of ether oxygens (including phenoxy) is 1. The molecule has 0 bridgehead atoms. The van der Waals surface area contributed by atoms with Crippen molar-refractivity contribution in [3.8, 4) is 0 Å². The first-order valence-electron chi connectivity index (χ1n) is 7.86. The van der Waals surface area contributed by atoms with Crippen LogP contribution in [0, 0.1) is 0 Å². The third-order valence-corrected chi connectivity index (χ3v) is 3.20. The lowest BCUT2D eigenvalue weighted by Gasteiger charge is -2.11. The molecule has 0 radical (unpaired) electrons. The van der Waals surface area contributed by atoms with E-state index in [4.69, 9.17) is 4.74 Å². The smallest absolute Gasteiger partial charge is 0.407 e. The summed E-state index contributed by atoms with van der Waals surface area (Å²) in [5.41, 5.74) is 0.922. The minimum atomic E-state index is -0.454. The van der Waals surface area contributed by atoms with Gasteiger partial charge in [-0.3, -0.25) is 5.32 Å². The van der Waals surface area contributed by atoms with Gasteiger partial charge in [-0.25, -0.2) is 14.6 Å². The molecule has 0 aliphatic rings. The van der Waals surface area contributed by atoms with Crippen LogP contribution < -0.4 is 16.0 Å². The molecule has 0 unspecified atom stereocenters. The van der Waals surface area contributed by atoms with Crippen LogP contribution in [0.25, 0.3) is 10.8 Å². The molecular formula is C17H22N4O3. The fourth-order valence-corrected chi connectivity index (χ4v) is 2.20. The van der Waals surface area contributed by atoms with Crippen LogP contribution in [0.5, 0.6) is 0 Å². The number of carbonyl (C=O) groups excluding carboxylic acids is 2. The van der Waals surface area contributed by atoms with Crippen molar-refractivity contribution < 1.29 is 14.3 Å². The first kappa shape index (κ1) is 17.5. The summed E-state index contributed by atoms with van der Waals surface area (Å²) in [4.78, 5) is 27.4. The second-order valence-corrected chi connectivity index (χ2v) is 5.50. The molecule has 128 valence electrons. The number of benzene rings is 1. The highest BCUT2D eigenvalue weighted by Crippen LogP contribution is 2.20. The van der Waals surface area contributed by atoms with Gasteiger partial charge in [-0.05, 0) is 37.8 Å². The Hall–Kier alpha value is -2.83. The lowest BCUT2D eigenvalue weighted by atomic mass is 10.1. The van der Waals surface area contributed by atoms with E-state index < -0.39 is 6.09 Å². The van der Waals surface area contributed by atoms with E-state index in [0.29, 0.717) is 18.9 Å². The van der Waals surface area contributed by atoms with Crippen molar-refractivity contribution in [1.29, 1.82) is 0 Å². The third kappa shape index (κ3) is 4.84. The van der Waals surface area contributed by atoms with Crippen molar-refractivity contribution in [2.45, 2.75) is 33.4 Å². The van der Waals surface area contributed by atoms with Crippen LogP contribution in [-0.2, 0) is 11.3 Å². The van der Waals surface area contributed by atoms with Gasteiger partial charge in [0.15, 0.2) is 0 Å². The summed E-state index contributed by atoms with van der Waals surface area (Å²) in [7, 11) is 0. The van der Waals surface area contributed by atoms with Gasteiger partial charge in [-0.1, -0.05) is 18.2 Å². The Kier molecular flexibility index (Phi) is 5.95. The summed E-state index contributed by atoms with van der Waals surface area (Å²) in [5, 5.41) is 9.87. The van der Waals surface area contributed by atoms with Crippen molar-refractivity contribution >= 4 is 28.7 Å². The lowest BCUT2D eigenvalue weighted by molar-refractivity contribution is 0.115. The Bertz CT molecular complexity index is 731. The number of carbonyl (C=O) groups is 2. The molecule has 3 N–H and O–H groups in total. The normalized spacial score (nSPS) is 10.5. The molecule has 2 rings (SSSR count). The fraction of sp³-hybridized carbons (Fsp3) is 0.353. The van der Waals surface area contributed by atoms with Crippen LogP contribution in [0.4, 0.5) is 15.4 Å². The van der Waals surface area contributed by atoms with Crippen molar-refractivity contribution in [2.75, 3.05) is 11.9 Å². The van der Waals surface area contributed by atoms with E-state index in [0.717, 1.165) is 16.3 Å². The number of urea groups is 1. The lowest BCUT2D eigenvalue weighted by Crippen LogP contribution is -2.28. The van der Waals surface area contributed by atoms with Crippen molar-refractivity contribution in [3.63, 3.8) is 0 Å².